The number of likely N-dealkylation sites (tertiary alicyclic amines) is 1. The minimum Gasteiger partial charge on any atom is -0.471 e. The molecule has 4 heterocycles. The van der Waals surface area contributed by atoms with Crippen molar-refractivity contribution in [3.8, 4) is 0 Å². The lowest BCUT2D eigenvalue weighted by molar-refractivity contribution is -0.339. The van der Waals surface area contributed by atoms with Crippen molar-refractivity contribution in [3.63, 3.8) is 0 Å². The summed E-state index contributed by atoms with van der Waals surface area (Å²) in [6.07, 6.45) is -5.77. The standard InChI is InChI=1S/C26H32N2O10/c1-2-13-14-9-19(30)28(8-7-26(35)12-27-17-6-4-3-5-16(17)26)23(34)15(14)11-36-24(13)38-25-22(33)21(32)20(31)18(10-29)37-25/h2-6,11,13-14,18,20-22,24-25,27,29,31-33,35H,1,7-10,12H2/t13-,14+,18-,20-,21+,22-,24+,25+,26-/m1/s1. The highest BCUT2D eigenvalue weighted by Crippen LogP contribution is 2.41. The molecular weight excluding hydrogens is 500 g/mol. The zero-order valence-corrected chi connectivity index (χ0v) is 20.6. The molecule has 0 bridgehead atoms. The van der Waals surface area contributed by atoms with Crippen LogP contribution in [0.5, 0.6) is 0 Å². The predicted octanol–water partition coefficient (Wildman–Crippen LogP) is -1.08. The van der Waals surface area contributed by atoms with Crippen molar-refractivity contribution in [3.05, 3.63) is 54.3 Å². The number of hydrogen-bond acceptors (Lipinski definition) is 11. The van der Waals surface area contributed by atoms with Gasteiger partial charge in [0.2, 0.25) is 12.2 Å². The topological polar surface area (TPSA) is 178 Å². The number of carbonyl (C=O) groups excluding carboxylic acids is 2. The van der Waals surface area contributed by atoms with E-state index < -0.39 is 72.9 Å². The molecule has 2 saturated heterocycles. The summed E-state index contributed by atoms with van der Waals surface area (Å²) in [7, 11) is 0. The lowest BCUT2D eigenvalue weighted by Crippen LogP contribution is -2.60. The average molecular weight is 533 g/mol. The summed E-state index contributed by atoms with van der Waals surface area (Å²) in [6.45, 7) is 3.45. The van der Waals surface area contributed by atoms with Crippen molar-refractivity contribution in [1.82, 2.24) is 4.90 Å². The highest BCUT2D eigenvalue weighted by atomic mass is 16.8. The molecule has 12 heteroatoms. The van der Waals surface area contributed by atoms with Gasteiger partial charge in [0, 0.05) is 49.0 Å². The third-order valence-electron chi connectivity index (χ3n) is 7.83. The van der Waals surface area contributed by atoms with Crippen LogP contribution in [0.15, 0.2) is 48.8 Å². The van der Waals surface area contributed by atoms with Gasteiger partial charge in [-0.3, -0.25) is 14.5 Å². The fraction of sp³-hybridized carbons (Fsp3) is 0.538. The molecule has 0 saturated carbocycles. The summed E-state index contributed by atoms with van der Waals surface area (Å²) >= 11 is 0. The Morgan fingerprint density at radius 1 is 1.16 bits per heavy atom. The van der Waals surface area contributed by atoms with Gasteiger partial charge in [0.25, 0.3) is 5.91 Å². The number of β-amino-alcohol motifs (C(OH)–C–C–N with tert-alkyl or cyclic N) is 1. The number of benzene rings is 1. The number of piperidine rings is 1. The molecule has 6 N–H and O–H groups in total. The van der Waals surface area contributed by atoms with Gasteiger partial charge in [-0.1, -0.05) is 24.3 Å². The van der Waals surface area contributed by atoms with E-state index in [1.807, 2.05) is 24.3 Å². The quantitative estimate of drug-likeness (QED) is 0.186. The van der Waals surface area contributed by atoms with Gasteiger partial charge in [0.05, 0.1) is 18.4 Å². The lowest BCUT2D eigenvalue weighted by Gasteiger charge is -2.44. The van der Waals surface area contributed by atoms with Gasteiger partial charge in [0.1, 0.15) is 30.0 Å². The molecule has 0 spiro atoms. The van der Waals surface area contributed by atoms with Crippen LogP contribution in [0.3, 0.4) is 0 Å². The van der Waals surface area contributed by atoms with E-state index in [1.165, 1.54) is 12.3 Å². The van der Waals surface area contributed by atoms with E-state index in [0.29, 0.717) is 0 Å². The second-order valence-electron chi connectivity index (χ2n) is 10.1. The molecule has 4 aliphatic heterocycles. The summed E-state index contributed by atoms with van der Waals surface area (Å²) in [5, 5.41) is 54.1. The zero-order valence-electron chi connectivity index (χ0n) is 20.6. The zero-order chi connectivity index (χ0) is 27.2. The molecule has 4 aliphatic rings. The number of aliphatic hydroxyl groups is 5. The number of carbonyl (C=O) groups is 2. The Hall–Kier alpha value is -2.84. The number of nitrogens with zero attached hydrogens (tertiary/aromatic N) is 1. The van der Waals surface area contributed by atoms with E-state index >= 15 is 0 Å². The van der Waals surface area contributed by atoms with E-state index in [2.05, 4.69) is 11.9 Å². The molecule has 206 valence electrons. The van der Waals surface area contributed by atoms with E-state index in [0.717, 1.165) is 16.2 Å². The second-order valence-corrected chi connectivity index (χ2v) is 10.1. The fourth-order valence-electron chi connectivity index (χ4n) is 5.57. The van der Waals surface area contributed by atoms with Gasteiger partial charge in [-0.15, -0.1) is 6.58 Å². The van der Waals surface area contributed by atoms with Crippen molar-refractivity contribution in [2.75, 3.05) is 25.0 Å². The van der Waals surface area contributed by atoms with E-state index in [-0.39, 0.29) is 31.5 Å². The maximum atomic E-state index is 13.3. The Kier molecular flexibility index (Phi) is 7.31. The number of nitrogens with one attached hydrogen (secondary N) is 1. The molecule has 2 amide bonds. The predicted molar refractivity (Wildman–Crippen MR) is 130 cm³/mol. The first kappa shape index (κ1) is 26.8. The second kappa shape index (κ2) is 10.4. The highest BCUT2D eigenvalue weighted by molar-refractivity contribution is 6.07. The van der Waals surface area contributed by atoms with Crippen molar-refractivity contribution in [2.45, 2.75) is 55.4 Å². The molecule has 2 fully saturated rings. The Morgan fingerprint density at radius 2 is 1.92 bits per heavy atom. The van der Waals surface area contributed by atoms with Crippen LogP contribution in [0.4, 0.5) is 5.69 Å². The van der Waals surface area contributed by atoms with Crippen molar-refractivity contribution >= 4 is 17.5 Å². The SMILES string of the molecule is C=C[C@H]1[C@H](O[C@@H]2O[C@H](CO)[C@@H](O)[C@H](O)[C@H]2O)OC=C2C(=O)N(CC[C@@]3(O)CNc4ccccc43)C(=O)C[C@H]21. The summed E-state index contributed by atoms with van der Waals surface area (Å²) < 4.78 is 16.8. The maximum absolute atomic E-state index is 13.3. The third kappa shape index (κ3) is 4.51. The van der Waals surface area contributed by atoms with Crippen molar-refractivity contribution < 1.29 is 49.3 Å². The molecule has 0 aromatic heterocycles. The van der Waals surface area contributed by atoms with Crippen molar-refractivity contribution in [2.24, 2.45) is 11.8 Å². The van der Waals surface area contributed by atoms with Gasteiger partial charge < -0.3 is 45.1 Å². The summed E-state index contributed by atoms with van der Waals surface area (Å²) in [4.78, 5) is 27.5. The number of hydrogen-bond donors (Lipinski definition) is 6. The molecular formula is C26H32N2O10. The smallest absolute Gasteiger partial charge is 0.259 e. The maximum Gasteiger partial charge on any atom is 0.259 e. The van der Waals surface area contributed by atoms with Crippen LogP contribution in [-0.4, -0.2) is 98.9 Å². The largest absolute Gasteiger partial charge is 0.471 e. The Bertz CT molecular complexity index is 1130. The van der Waals surface area contributed by atoms with Gasteiger partial charge in [0.15, 0.2) is 6.29 Å². The fourth-order valence-corrected chi connectivity index (χ4v) is 5.57. The minimum atomic E-state index is -1.64. The van der Waals surface area contributed by atoms with Crippen LogP contribution in [0, 0.1) is 11.8 Å². The molecule has 9 atom stereocenters. The van der Waals surface area contributed by atoms with Gasteiger partial charge in [-0.25, -0.2) is 0 Å². The van der Waals surface area contributed by atoms with E-state index in [1.54, 1.807) is 0 Å². The van der Waals surface area contributed by atoms with Gasteiger partial charge >= 0.3 is 0 Å². The number of amides is 2. The molecule has 0 radical (unpaired) electrons. The molecule has 0 aliphatic carbocycles. The molecule has 0 unspecified atom stereocenters. The Morgan fingerprint density at radius 3 is 2.66 bits per heavy atom. The van der Waals surface area contributed by atoms with Crippen LogP contribution in [-0.2, 0) is 29.4 Å². The molecule has 1 aromatic rings. The lowest BCUT2D eigenvalue weighted by atomic mass is 9.78. The average Bonchev–Trinajstić information content (AvgIpc) is 3.25. The van der Waals surface area contributed by atoms with Crippen LogP contribution < -0.4 is 5.32 Å². The molecule has 5 rings (SSSR count). The first-order chi connectivity index (χ1) is 18.2. The van der Waals surface area contributed by atoms with Crippen LogP contribution in [0.2, 0.25) is 0 Å². The Labute approximate surface area is 218 Å². The van der Waals surface area contributed by atoms with Crippen LogP contribution in [0.25, 0.3) is 0 Å². The van der Waals surface area contributed by atoms with Gasteiger partial charge in [-0.2, -0.15) is 0 Å². The third-order valence-corrected chi connectivity index (χ3v) is 7.83. The normalized spacial score (nSPS) is 38.6. The highest BCUT2D eigenvalue weighted by Gasteiger charge is 2.50. The van der Waals surface area contributed by atoms with Gasteiger partial charge in [-0.05, 0) is 6.07 Å². The van der Waals surface area contributed by atoms with Crippen LogP contribution >= 0.6 is 0 Å². The first-order valence-corrected chi connectivity index (χ1v) is 12.5. The van der Waals surface area contributed by atoms with Crippen molar-refractivity contribution in [1.29, 1.82) is 0 Å². The van der Waals surface area contributed by atoms with E-state index in [4.69, 9.17) is 14.2 Å². The molecule has 12 nitrogen and oxygen atoms in total. The summed E-state index contributed by atoms with van der Waals surface area (Å²) in [5.74, 6) is -2.26. The number of ether oxygens (including phenoxy) is 3. The number of rotatable bonds is 7. The van der Waals surface area contributed by atoms with E-state index in [9.17, 15) is 35.1 Å². The minimum absolute atomic E-state index is 0.0117. The monoisotopic (exact) mass is 532 g/mol. The Balaban J connectivity index is 1.29. The molecule has 38 heavy (non-hydrogen) atoms. The number of anilines is 1. The molecule has 1 aromatic carbocycles. The van der Waals surface area contributed by atoms with Crippen LogP contribution in [0.1, 0.15) is 18.4 Å². The summed E-state index contributed by atoms with van der Waals surface area (Å²) in [5.41, 5.74) is 0.559. The number of imide groups is 1. The number of aliphatic hydroxyl groups excluding tert-OH is 4. The number of fused-ring (bicyclic) bond motifs is 2. The first-order valence-electron chi connectivity index (χ1n) is 12.5. The summed E-state index contributed by atoms with van der Waals surface area (Å²) in [6, 6.07) is 7.35. The number of para-hydroxylation sites is 1.